The van der Waals surface area contributed by atoms with Crippen LogP contribution in [0.4, 0.5) is 0 Å². The molecule has 3 nitrogen and oxygen atoms in total. The second-order valence-corrected chi connectivity index (χ2v) is 13.3. The van der Waals surface area contributed by atoms with Gasteiger partial charge in [-0.2, -0.15) is 5.10 Å². The van der Waals surface area contributed by atoms with Crippen LogP contribution in [0.2, 0.25) is 0 Å². The summed E-state index contributed by atoms with van der Waals surface area (Å²) in [7, 11) is 0. The van der Waals surface area contributed by atoms with Gasteiger partial charge in [0.25, 0.3) is 0 Å². The molecule has 0 spiro atoms. The van der Waals surface area contributed by atoms with Gasteiger partial charge < -0.3 is 4.57 Å². The Kier molecular flexibility index (Phi) is 6.31. The molecule has 0 amide bonds. The molecule has 0 saturated heterocycles. The predicted octanol–water partition coefficient (Wildman–Crippen LogP) is 12.4. The van der Waals surface area contributed by atoms with Crippen molar-refractivity contribution in [1.82, 2.24) is 14.3 Å². The summed E-state index contributed by atoms with van der Waals surface area (Å²) in [5.41, 5.74) is 11.7. The molecule has 0 aliphatic heterocycles. The molecule has 8 aromatic carbocycles. The van der Waals surface area contributed by atoms with Gasteiger partial charge >= 0.3 is 0 Å². The van der Waals surface area contributed by atoms with E-state index in [0.29, 0.717) is 0 Å². The van der Waals surface area contributed by atoms with E-state index in [4.69, 9.17) is 5.10 Å². The van der Waals surface area contributed by atoms with E-state index in [1.807, 2.05) is 6.07 Å². The minimum atomic E-state index is 1.03. The molecule has 50 heavy (non-hydrogen) atoms. The second-order valence-electron chi connectivity index (χ2n) is 13.3. The highest BCUT2D eigenvalue weighted by atomic mass is 15.3. The largest absolute Gasteiger partial charge is 0.309 e. The minimum absolute atomic E-state index is 1.03. The van der Waals surface area contributed by atoms with E-state index >= 15 is 0 Å². The molecule has 0 aliphatic rings. The maximum Gasteiger partial charge on any atom is 0.0679 e. The van der Waals surface area contributed by atoms with Crippen LogP contribution in [0.25, 0.3) is 87.8 Å². The average molecular weight is 640 g/mol. The monoisotopic (exact) mass is 639 g/mol. The summed E-state index contributed by atoms with van der Waals surface area (Å²) < 4.78 is 4.50. The van der Waals surface area contributed by atoms with E-state index in [2.05, 4.69) is 181 Å². The fourth-order valence-electron chi connectivity index (χ4n) is 8.26. The van der Waals surface area contributed by atoms with Crippen molar-refractivity contribution in [1.29, 1.82) is 0 Å². The van der Waals surface area contributed by atoms with Crippen LogP contribution in [0.5, 0.6) is 0 Å². The van der Waals surface area contributed by atoms with Crippen molar-refractivity contribution < 1.29 is 0 Å². The van der Waals surface area contributed by atoms with Gasteiger partial charge in [0.15, 0.2) is 0 Å². The number of aromatic nitrogens is 3. The van der Waals surface area contributed by atoms with Crippen LogP contribution >= 0.6 is 0 Å². The molecule has 0 bridgehead atoms. The summed E-state index contributed by atoms with van der Waals surface area (Å²) in [6, 6.07) is 59.4. The molecule has 0 saturated carbocycles. The van der Waals surface area contributed by atoms with Crippen molar-refractivity contribution in [3.8, 4) is 33.6 Å². The quantitative estimate of drug-likeness (QED) is 0.176. The van der Waals surface area contributed by atoms with Gasteiger partial charge in [-0.25, -0.2) is 4.68 Å². The van der Waals surface area contributed by atoms with Gasteiger partial charge in [0.05, 0.1) is 22.4 Å². The van der Waals surface area contributed by atoms with E-state index in [9.17, 15) is 0 Å². The molecule has 2 heterocycles. The smallest absolute Gasteiger partial charge is 0.0679 e. The lowest BCUT2D eigenvalue weighted by atomic mass is 9.85. The first-order valence-electron chi connectivity index (χ1n) is 17.2. The molecule has 10 rings (SSSR count). The Morgan fingerprint density at radius 3 is 1.70 bits per heavy atom. The maximum atomic E-state index is 5.07. The second kappa shape index (κ2) is 11.0. The first-order valence-corrected chi connectivity index (χ1v) is 17.2. The van der Waals surface area contributed by atoms with Crippen LogP contribution in [-0.2, 0) is 0 Å². The Morgan fingerprint density at radius 2 is 0.980 bits per heavy atom. The summed E-state index contributed by atoms with van der Waals surface area (Å²) in [6.07, 6.45) is 0. The third kappa shape index (κ3) is 4.20. The molecule has 0 fully saturated rings. The highest BCUT2D eigenvalue weighted by Crippen LogP contribution is 2.46. The fraction of sp³-hybridized carbons (Fsp3) is 0.0426. The Morgan fingerprint density at radius 1 is 0.400 bits per heavy atom. The lowest BCUT2D eigenvalue weighted by Crippen LogP contribution is -1.98. The van der Waals surface area contributed by atoms with Crippen molar-refractivity contribution in [2.45, 2.75) is 13.8 Å². The number of nitrogens with zero attached hydrogens (tertiary/aromatic N) is 3. The third-order valence-corrected chi connectivity index (χ3v) is 10.4. The Hall–Kier alpha value is -6.45. The third-order valence-electron chi connectivity index (χ3n) is 10.4. The van der Waals surface area contributed by atoms with Crippen molar-refractivity contribution >= 4 is 54.1 Å². The van der Waals surface area contributed by atoms with E-state index in [1.165, 1.54) is 82.1 Å². The molecule has 0 atom stereocenters. The molecule has 2 aromatic heterocycles. The Labute approximate surface area is 290 Å². The highest BCUT2D eigenvalue weighted by molar-refractivity contribution is 6.22. The summed E-state index contributed by atoms with van der Waals surface area (Å²) in [4.78, 5) is 0. The Balaban J connectivity index is 1.24. The number of benzene rings is 8. The number of aryl methyl sites for hydroxylation is 1. The molecule has 3 heteroatoms. The van der Waals surface area contributed by atoms with Gasteiger partial charge in [0.2, 0.25) is 0 Å². The zero-order valence-electron chi connectivity index (χ0n) is 27.9. The average Bonchev–Trinajstić information content (AvgIpc) is 3.66. The molecular weight excluding hydrogens is 607 g/mol. The molecule has 0 unspecified atom stereocenters. The number of hydrogen-bond acceptors (Lipinski definition) is 1. The van der Waals surface area contributed by atoms with Gasteiger partial charge in [-0.3, -0.25) is 0 Å². The maximum absolute atomic E-state index is 5.07. The number of fused-ring (bicyclic) bond motifs is 6. The number of hydrogen-bond donors (Lipinski definition) is 0. The molecule has 0 N–H and O–H groups in total. The lowest BCUT2D eigenvalue weighted by Gasteiger charge is -2.18. The van der Waals surface area contributed by atoms with Crippen molar-refractivity contribution in [2.24, 2.45) is 0 Å². The van der Waals surface area contributed by atoms with Crippen LogP contribution in [0.1, 0.15) is 11.4 Å². The van der Waals surface area contributed by atoms with E-state index in [1.54, 1.807) is 0 Å². The van der Waals surface area contributed by atoms with Gasteiger partial charge in [-0.1, -0.05) is 121 Å². The highest BCUT2D eigenvalue weighted by Gasteiger charge is 2.23. The minimum Gasteiger partial charge on any atom is -0.309 e. The zero-order chi connectivity index (χ0) is 33.3. The number of para-hydroxylation sites is 2. The van der Waals surface area contributed by atoms with Gasteiger partial charge in [0, 0.05) is 33.3 Å². The van der Waals surface area contributed by atoms with Gasteiger partial charge in [-0.05, 0) is 99.8 Å². The predicted molar refractivity (Wildman–Crippen MR) is 211 cm³/mol. The van der Waals surface area contributed by atoms with Gasteiger partial charge in [-0.15, -0.1) is 0 Å². The van der Waals surface area contributed by atoms with Crippen LogP contribution in [0.3, 0.4) is 0 Å². The summed E-state index contributed by atoms with van der Waals surface area (Å²) in [6.45, 7) is 4.33. The molecule has 0 radical (unpaired) electrons. The van der Waals surface area contributed by atoms with Crippen LogP contribution in [0.15, 0.2) is 164 Å². The summed E-state index contributed by atoms with van der Waals surface area (Å²) in [5, 5.41) is 15.0. The van der Waals surface area contributed by atoms with Crippen molar-refractivity contribution in [2.75, 3.05) is 0 Å². The van der Waals surface area contributed by atoms with E-state index < -0.39 is 0 Å². The Bertz CT molecular complexity index is 2890. The van der Waals surface area contributed by atoms with Crippen LogP contribution in [-0.4, -0.2) is 14.3 Å². The van der Waals surface area contributed by atoms with Gasteiger partial charge in [0.1, 0.15) is 0 Å². The van der Waals surface area contributed by atoms with Crippen LogP contribution < -0.4 is 0 Å². The lowest BCUT2D eigenvalue weighted by molar-refractivity contribution is 0.834. The van der Waals surface area contributed by atoms with Crippen LogP contribution in [0, 0.1) is 13.8 Å². The number of rotatable bonds is 4. The first-order chi connectivity index (χ1) is 24.7. The van der Waals surface area contributed by atoms with E-state index in [-0.39, 0.29) is 0 Å². The summed E-state index contributed by atoms with van der Waals surface area (Å²) >= 11 is 0. The normalized spacial score (nSPS) is 11.8. The SMILES string of the molecule is Cc1nn(-c2ccccc2)c(C)c1-c1c2ccccc2c(-c2ccc3c(c2)c2ccccc2n3-c2ccc3ccccc3c2)c2ccccc12. The fourth-order valence-corrected chi connectivity index (χ4v) is 8.26. The molecule has 10 aromatic rings. The topological polar surface area (TPSA) is 22.8 Å². The molecular formula is C47H33N3. The first kappa shape index (κ1) is 28.6. The van der Waals surface area contributed by atoms with E-state index in [0.717, 1.165) is 17.1 Å². The molecule has 236 valence electrons. The summed E-state index contributed by atoms with van der Waals surface area (Å²) in [5.74, 6) is 0. The van der Waals surface area contributed by atoms with Crippen molar-refractivity contribution in [3.63, 3.8) is 0 Å². The zero-order valence-corrected chi connectivity index (χ0v) is 27.9. The standard InChI is InChI=1S/C47H33N3/c1-30-45(31(2)50(48-30)35-16-4-3-5-17-35)47-40-21-10-8-19-38(40)46(39-20-9-11-22-41(39)47)34-25-27-44-42(29-34)37-18-12-13-23-43(37)49(44)36-26-24-32-14-6-7-15-33(32)28-36/h3-29H,1-2H3. The van der Waals surface area contributed by atoms with Crippen molar-refractivity contribution in [3.05, 3.63) is 175 Å². The molecule has 0 aliphatic carbocycles.